The Labute approximate surface area is 117 Å². The summed E-state index contributed by atoms with van der Waals surface area (Å²) >= 11 is 3.42. The van der Waals surface area contributed by atoms with Crippen LogP contribution in [0.2, 0.25) is 0 Å². The van der Waals surface area contributed by atoms with E-state index in [9.17, 15) is 4.79 Å². The zero-order valence-electron chi connectivity index (χ0n) is 11.0. The van der Waals surface area contributed by atoms with Crippen LogP contribution in [0.1, 0.15) is 25.3 Å². The molecule has 1 aromatic carbocycles. The molecule has 0 radical (unpaired) electrons. The van der Waals surface area contributed by atoms with Crippen LogP contribution in [-0.4, -0.2) is 31.1 Å². The van der Waals surface area contributed by atoms with Crippen LogP contribution < -0.4 is 0 Å². The highest BCUT2D eigenvalue weighted by Crippen LogP contribution is 2.13. The molecule has 0 atom stereocenters. The highest BCUT2D eigenvalue weighted by Gasteiger charge is 2.09. The molecule has 4 heteroatoms. The average molecular weight is 314 g/mol. The zero-order chi connectivity index (χ0) is 13.4. The van der Waals surface area contributed by atoms with E-state index in [1.54, 1.807) is 4.90 Å². The van der Waals surface area contributed by atoms with Gasteiger partial charge in [-0.2, -0.15) is 0 Å². The standard InChI is InChI=1S/C14H20BrNO2/c1-3-8-18-9-7-14(17)16(2)11-12-5-4-6-13(15)10-12/h4-6,10H,3,7-9,11H2,1-2H3. The van der Waals surface area contributed by atoms with Crippen molar-refractivity contribution in [3.63, 3.8) is 0 Å². The smallest absolute Gasteiger partial charge is 0.224 e. The summed E-state index contributed by atoms with van der Waals surface area (Å²) in [5, 5.41) is 0. The number of rotatable bonds is 7. The van der Waals surface area contributed by atoms with Gasteiger partial charge >= 0.3 is 0 Å². The van der Waals surface area contributed by atoms with Gasteiger partial charge in [-0.1, -0.05) is 35.0 Å². The molecule has 0 aromatic heterocycles. The maximum atomic E-state index is 11.8. The molecule has 0 saturated heterocycles. The minimum atomic E-state index is 0.117. The Balaban J connectivity index is 2.35. The molecule has 0 N–H and O–H groups in total. The van der Waals surface area contributed by atoms with Gasteiger partial charge in [0.25, 0.3) is 0 Å². The molecule has 0 aliphatic carbocycles. The summed E-state index contributed by atoms with van der Waals surface area (Å²) in [7, 11) is 1.82. The minimum Gasteiger partial charge on any atom is -0.381 e. The van der Waals surface area contributed by atoms with Gasteiger partial charge in [-0.15, -0.1) is 0 Å². The molecule has 0 unspecified atom stereocenters. The molecule has 1 aromatic rings. The van der Waals surface area contributed by atoms with Crippen molar-refractivity contribution in [2.75, 3.05) is 20.3 Å². The Hall–Kier alpha value is -0.870. The van der Waals surface area contributed by atoms with Crippen molar-refractivity contribution < 1.29 is 9.53 Å². The lowest BCUT2D eigenvalue weighted by Gasteiger charge is -2.17. The van der Waals surface area contributed by atoms with E-state index in [1.165, 1.54) is 0 Å². The molecule has 1 rings (SSSR count). The fourth-order valence-corrected chi connectivity index (χ4v) is 2.04. The van der Waals surface area contributed by atoms with Gasteiger partial charge in [-0.3, -0.25) is 4.79 Å². The third kappa shape index (κ3) is 5.65. The van der Waals surface area contributed by atoms with Gasteiger partial charge in [-0.05, 0) is 24.1 Å². The van der Waals surface area contributed by atoms with Crippen molar-refractivity contribution in [1.29, 1.82) is 0 Å². The van der Waals surface area contributed by atoms with E-state index in [4.69, 9.17) is 4.74 Å². The van der Waals surface area contributed by atoms with Crippen molar-refractivity contribution >= 4 is 21.8 Å². The van der Waals surface area contributed by atoms with E-state index >= 15 is 0 Å². The van der Waals surface area contributed by atoms with Crippen molar-refractivity contribution in [3.8, 4) is 0 Å². The molecule has 0 aliphatic heterocycles. The zero-order valence-corrected chi connectivity index (χ0v) is 12.6. The molecule has 0 fully saturated rings. The average Bonchev–Trinajstić information content (AvgIpc) is 2.34. The highest BCUT2D eigenvalue weighted by molar-refractivity contribution is 9.10. The number of hydrogen-bond acceptors (Lipinski definition) is 2. The van der Waals surface area contributed by atoms with Crippen molar-refractivity contribution in [2.45, 2.75) is 26.3 Å². The van der Waals surface area contributed by atoms with E-state index in [-0.39, 0.29) is 5.91 Å². The third-order valence-corrected chi connectivity index (χ3v) is 3.04. The van der Waals surface area contributed by atoms with Gasteiger partial charge in [0, 0.05) is 24.7 Å². The summed E-state index contributed by atoms with van der Waals surface area (Å²) in [6, 6.07) is 7.99. The maximum Gasteiger partial charge on any atom is 0.224 e. The summed E-state index contributed by atoms with van der Waals surface area (Å²) in [4.78, 5) is 13.6. The number of amides is 1. The van der Waals surface area contributed by atoms with Crippen LogP contribution in [0.25, 0.3) is 0 Å². The number of ether oxygens (including phenoxy) is 1. The topological polar surface area (TPSA) is 29.5 Å². The predicted octanol–water partition coefficient (Wildman–Crippen LogP) is 3.22. The van der Waals surface area contributed by atoms with Crippen LogP contribution in [0.3, 0.4) is 0 Å². The number of nitrogens with zero attached hydrogens (tertiary/aromatic N) is 1. The van der Waals surface area contributed by atoms with E-state index < -0.39 is 0 Å². The first-order valence-corrected chi connectivity index (χ1v) is 6.99. The Morgan fingerprint density at radius 3 is 2.83 bits per heavy atom. The summed E-state index contributed by atoms with van der Waals surface area (Å²) < 4.78 is 6.35. The second kappa shape index (κ2) is 8.27. The fourth-order valence-electron chi connectivity index (χ4n) is 1.59. The quantitative estimate of drug-likeness (QED) is 0.723. The fraction of sp³-hybridized carbons (Fsp3) is 0.500. The number of benzene rings is 1. The van der Waals surface area contributed by atoms with Crippen LogP contribution in [-0.2, 0) is 16.1 Å². The molecule has 100 valence electrons. The van der Waals surface area contributed by atoms with Gasteiger partial charge in [0.1, 0.15) is 0 Å². The summed E-state index contributed by atoms with van der Waals surface area (Å²) in [5.74, 6) is 0.117. The lowest BCUT2D eigenvalue weighted by Crippen LogP contribution is -2.27. The van der Waals surface area contributed by atoms with Gasteiger partial charge in [0.15, 0.2) is 0 Å². The van der Waals surface area contributed by atoms with Crippen LogP contribution in [0.15, 0.2) is 28.7 Å². The van der Waals surface area contributed by atoms with E-state index in [2.05, 4.69) is 22.9 Å². The van der Waals surface area contributed by atoms with Crippen LogP contribution in [0.4, 0.5) is 0 Å². The molecule has 1 amide bonds. The van der Waals surface area contributed by atoms with Crippen LogP contribution in [0.5, 0.6) is 0 Å². The lowest BCUT2D eigenvalue weighted by atomic mass is 10.2. The van der Waals surface area contributed by atoms with E-state index in [0.717, 1.165) is 23.1 Å². The van der Waals surface area contributed by atoms with Gasteiger partial charge in [0.05, 0.1) is 13.0 Å². The number of halogens is 1. The molecule has 0 spiro atoms. The van der Waals surface area contributed by atoms with Gasteiger partial charge in [-0.25, -0.2) is 0 Å². The van der Waals surface area contributed by atoms with Crippen LogP contribution in [0, 0.1) is 0 Å². The molecule has 0 heterocycles. The monoisotopic (exact) mass is 313 g/mol. The molecule has 0 bridgehead atoms. The SMILES string of the molecule is CCCOCCC(=O)N(C)Cc1cccc(Br)c1. The summed E-state index contributed by atoms with van der Waals surface area (Å²) in [6.45, 7) is 3.92. The Kier molecular flexibility index (Phi) is 6.98. The number of hydrogen-bond donors (Lipinski definition) is 0. The third-order valence-electron chi connectivity index (χ3n) is 2.54. The maximum absolute atomic E-state index is 11.8. The van der Waals surface area contributed by atoms with Gasteiger partial charge < -0.3 is 9.64 Å². The van der Waals surface area contributed by atoms with Crippen LogP contribution >= 0.6 is 15.9 Å². The first-order chi connectivity index (χ1) is 8.63. The summed E-state index contributed by atoms with van der Waals surface area (Å²) in [6.07, 6.45) is 1.44. The van der Waals surface area contributed by atoms with E-state index in [1.807, 2.05) is 31.3 Å². The first-order valence-electron chi connectivity index (χ1n) is 6.19. The second-order valence-electron chi connectivity index (χ2n) is 4.24. The first kappa shape index (κ1) is 15.2. The minimum absolute atomic E-state index is 0.117. The lowest BCUT2D eigenvalue weighted by molar-refractivity contribution is -0.131. The van der Waals surface area contributed by atoms with Crippen molar-refractivity contribution in [3.05, 3.63) is 34.3 Å². The molecule has 0 saturated carbocycles. The Morgan fingerprint density at radius 1 is 1.39 bits per heavy atom. The summed E-state index contributed by atoms with van der Waals surface area (Å²) in [5.41, 5.74) is 1.12. The molecule has 3 nitrogen and oxygen atoms in total. The van der Waals surface area contributed by atoms with E-state index in [0.29, 0.717) is 19.6 Å². The molecular weight excluding hydrogens is 294 g/mol. The number of carbonyl (C=O) groups excluding carboxylic acids is 1. The second-order valence-corrected chi connectivity index (χ2v) is 5.16. The van der Waals surface area contributed by atoms with Gasteiger partial charge in [0.2, 0.25) is 5.91 Å². The Bertz CT molecular complexity index is 382. The predicted molar refractivity (Wildman–Crippen MR) is 76.3 cm³/mol. The largest absolute Gasteiger partial charge is 0.381 e. The normalized spacial score (nSPS) is 10.4. The Morgan fingerprint density at radius 2 is 2.17 bits per heavy atom. The number of carbonyl (C=O) groups is 1. The van der Waals surface area contributed by atoms with Crippen molar-refractivity contribution in [2.24, 2.45) is 0 Å². The molecular formula is C14H20BrNO2. The molecule has 0 aliphatic rings. The highest BCUT2D eigenvalue weighted by atomic mass is 79.9. The molecule has 18 heavy (non-hydrogen) atoms. The van der Waals surface area contributed by atoms with Crippen molar-refractivity contribution in [1.82, 2.24) is 4.90 Å².